The molecule has 0 fully saturated rings. The molecule has 5 rings (SSSR count). The first-order valence-electron chi connectivity index (χ1n) is 14.0. The highest BCUT2D eigenvalue weighted by Crippen LogP contribution is 2.38. The highest BCUT2D eigenvalue weighted by molar-refractivity contribution is 5.96. The van der Waals surface area contributed by atoms with Crippen molar-refractivity contribution in [1.29, 1.82) is 0 Å². The Hall–Kier alpha value is -4.67. The molecule has 0 atom stereocenters. The van der Waals surface area contributed by atoms with Crippen LogP contribution in [0.3, 0.4) is 0 Å². The molecule has 0 unspecified atom stereocenters. The minimum absolute atomic E-state index is 0.157. The second-order valence-electron chi connectivity index (χ2n) is 10.4. The van der Waals surface area contributed by atoms with Crippen LogP contribution in [0.5, 0.6) is 17.4 Å². The maximum absolute atomic E-state index is 14.1. The van der Waals surface area contributed by atoms with E-state index in [1.54, 1.807) is 16.2 Å². The number of Topliss-reactive ketones (excluding diaryl/α,β-unsaturated/α-hetero) is 1. The molecule has 0 spiro atoms. The summed E-state index contributed by atoms with van der Waals surface area (Å²) in [6.45, 7) is 9.37. The third-order valence-corrected chi connectivity index (χ3v) is 7.50. The van der Waals surface area contributed by atoms with Crippen molar-refractivity contribution in [2.75, 3.05) is 20.8 Å². The lowest BCUT2D eigenvalue weighted by atomic mass is 9.97. The first-order valence-corrected chi connectivity index (χ1v) is 14.0. The molecular formula is C31H36N6O5. The van der Waals surface area contributed by atoms with Gasteiger partial charge in [0.25, 0.3) is 5.88 Å². The number of carbonyl (C=O) groups excluding carboxylic acids is 1. The number of aromatic amines is 1. The molecule has 4 aromatic rings. The van der Waals surface area contributed by atoms with Crippen molar-refractivity contribution in [2.24, 2.45) is 4.99 Å². The second-order valence-corrected chi connectivity index (χ2v) is 10.4. The molecule has 0 radical (unpaired) electrons. The molecule has 1 aliphatic rings. The van der Waals surface area contributed by atoms with Crippen molar-refractivity contribution >= 4 is 11.5 Å². The predicted octanol–water partition coefficient (Wildman–Crippen LogP) is 4.23. The fourth-order valence-electron chi connectivity index (χ4n) is 5.60. The Labute approximate surface area is 243 Å². The van der Waals surface area contributed by atoms with Crippen LogP contribution in [-0.4, -0.2) is 51.2 Å². The Kier molecular flexibility index (Phi) is 8.28. The van der Waals surface area contributed by atoms with Gasteiger partial charge in [-0.2, -0.15) is 0 Å². The number of aryl methyl sites for hydroxylation is 4. The van der Waals surface area contributed by atoms with Gasteiger partial charge >= 0.3 is 5.69 Å². The number of ether oxygens (including phenoxy) is 3. The summed E-state index contributed by atoms with van der Waals surface area (Å²) in [6, 6.07) is 10.1. The van der Waals surface area contributed by atoms with Crippen LogP contribution in [0.2, 0.25) is 0 Å². The standard InChI is InChI=1S/C31H36N6O5/c1-7-42-26-15-21-10-12-36-23(22(21)16-25(26)40-5)17-27(32-28-19(3)13-18(2)14-20(28)4)37(31(36)39)11-8-9-24(38)29-30(41-6)34-35-33-29/h13-17H,7-12H2,1-6H3,(H,33,34,35). The number of aromatic nitrogens is 5. The van der Waals surface area contributed by atoms with Gasteiger partial charge in [0, 0.05) is 31.1 Å². The number of fused-ring (bicyclic) bond motifs is 3. The second kappa shape index (κ2) is 12.1. The number of methoxy groups -OCH3 is 2. The molecule has 220 valence electrons. The van der Waals surface area contributed by atoms with E-state index in [4.69, 9.17) is 19.2 Å². The lowest BCUT2D eigenvalue weighted by Crippen LogP contribution is -2.42. The molecule has 11 heteroatoms. The first-order chi connectivity index (χ1) is 20.2. The number of hydrogen-bond acceptors (Lipinski definition) is 8. The molecule has 1 aliphatic heterocycles. The average molecular weight is 573 g/mol. The molecule has 2 aromatic carbocycles. The normalized spacial score (nSPS) is 12.6. The van der Waals surface area contributed by atoms with Crippen LogP contribution >= 0.6 is 0 Å². The Bertz CT molecular complexity index is 1760. The minimum atomic E-state index is -0.189. The smallest absolute Gasteiger partial charge is 0.330 e. The van der Waals surface area contributed by atoms with Crippen LogP contribution in [0, 0.1) is 20.8 Å². The minimum Gasteiger partial charge on any atom is -0.493 e. The summed E-state index contributed by atoms with van der Waals surface area (Å²) in [5.41, 5.74) is 7.34. The quantitative estimate of drug-likeness (QED) is 0.282. The van der Waals surface area contributed by atoms with Crippen LogP contribution in [0.1, 0.15) is 52.5 Å². The molecule has 42 heavy (non-hydrogen) atoms. The Morgan fingerprint density at radius 2 is 1.81 bits per heavy atom. The number of ketones is 1. The molecule has 0 saturated heterocycles. The monoisotopic (exact) mass is 572 g/mol. The Morgan fingerprint density at radius 1 is 1.05 bits per heavy atom. The molecule has 0 aliphatic carbocycles. The Morgan fingerprint density at radius 3 is 2.50 bits per heavy atom. The summed E-state index contributed by atoms with van der Waals surface area (Å²) in [6.07, 6.45) is 1.26. The van der Waals surface area contributed by atoms with E-state index in [0.29, 0.717) is 49.5 Å². The summed E-state index contributed by atoms with van der Waals surface area (Å²) >= 11 is 0. The van der Waals surface area contributed by atoms with Crippen LogP contribution < -0.4 is 25.4 Å². The highest BCUT2D eigenvalue weighted by atomic mass is 16.5. The number of hydrogen-bond donors (Lipinski definition) is 1. The topological polar surface area (TPSA) is 126 Å². The van der Waals surface area contributed by atoms with E-state index >= 15 is 0 Å². The van der Waals surface area contributed by atoms with Gasteiger partial charge in [-0.05, 0) is 69.4 Å². The summed E-state index contributed by atoms with van der Waals surface area (Å²) in [4.78, 5) is 31.9. The van der Waals surface area contributed by atoms with Gasteiger partial charge in [0.05, 0.1) is 32.2 Å². The molecule has 1 N–H and O–H groups in total. The first kappa shape index (κ1) is 28.8. The third kappa shape index (κ3) is 5.46. The van der Waals surface area contributed by atoms with Gasteiger partial charge in [-0.25, -0.2) is 9.79 Å². The van der Waals surface area contributed by atoms with Gasteiger partial charge in [0.15, 0.2) is 23.0 Å². The number of H-pyrrole nitrogens is 1. The lowest BCUT2D eigenvalue weighted by Gasteiger charge is -2.25. The van der Waals surface area contributed by atoms with Crippen molar-refractivity contribution in [3.63, 3.8) is 0 Å². The number of nitrogens with zero attached hydrogens (tertiary/aromatic N) is 5. The zero-order valence-corrected chi connectivity index (χ0v) is 24.9. The van der Waals surface area contributed by atoms with Crippen LogP contribution in [-0.2, 0) is 19.5 Å². The molecule has 2 aromatic heterocycles. The summed E-state index contributed by atoms with van der Waals surface area (Å²) in [5.74, 6) is 1.26. The summed E-state index contributed by atoms with van der Waals surface area (Å²) < 4.78 is 20.0. The molecule has 3 heterocycles. The number of nitrogens with one attached hydrogen (secondary N) is 1. The SMILES string of the molecule is CCOc1cc2c(cc1OC)-c1cc(=Nc3c(C)cc(C)cc3C)n(CCCC(=O)c3[nH]nnc3OC)c(=O)n1CC2. The average Bonchev–Trinajstić information content (AvgIpc) is 3.45. The Balaban J connectivity index is 1.62. The fourth-order valence-corrected chi connectivity index (χ4v) is 5.60. The van der Waals surface area contributed by atoms with Crippen molar-refractivity contribution in [3.05, 3.63) is 74.3 Å². The predicted molar refractivity (Wildman–Crippen MR) is 158 cm³/mol. The van der Waals surface area contributed by atoms with E-state index in [9.17, 15) is 9.59 Å². The van der Waals surface area contributed by atoms with Gasteiger partial charge in [0.1, 0.15) is 5.49 Å². The maximum atomic E-state index is 14.1. The van der Waals surface area contributed by atoms with Crippen LogP contribution in [0.25, 0.3) is 11.3 Å². The number of carbonyl (C=O) groups is 1. The van der Waals surface area contributed by atoms with E-state index in [0.717, 1.165) is 39.2 Å². The number of benzene rings is 2. The molecule has 11 nitrogen and oxygen atoms in total. The zero-order chi connectivity index (χ0) is 30.0. The van der Waals surface area contributed by atoms with E-state index in [1.807, 2.05) is 39.0 Å². The number of rotatable bonds is 10. The van der Waals surface area contributed by atoms with Crippen molar-refractivity contribution < 1.29 is 19.0 Å². The molecular weight excluding hydrogens is 536 g/mol. The van der Waals surface area contributed by atoms with Gasteiger partial charge in [-0.3, -0.25) is 19.0 Å². The summed E-state index contributed by atoms with van der Waals surface area (Å²) in [5, 5.41) is 10.0. The van der Waals surface area contributed by atoms with Crippen LogP contribution in [0.4, 0.5) is 5.69 Å². The third-order valence-electron chi connectivity index (χ3n) is 7.50. The van der Waals surface area contributed by atoms with Gasteiger partial charge in [-0.15, -0.1) is 0 Å². The van der Waals surface area contributed by atoms with E-state index in [2.05, 4.69) is 34.5 Å². The molecule has 0 saturated carbocycles. The van der Waals surface area contributed by atoms with Gasteiger partial charge in [-0.1, -0.05) is 28.0 Å². The van der Waals surface area contributed by atoms with E-state index < -0.39 is 0 Å². The van der Waals surface area contributed by atoms with Crippen molar-refractivity contribution in [1.82, 2.24) is 24.5 Å². The molecule has 0 amide bonds. The van der Waals surface area contributed by atoms with Crippen molar-refractivity contribution in [2.45, 2.75) is 60.0 Å². The molecule has 0 bridgehead atoms. The van der Waals surface area contributed by atoms with E-state index in [-0.39, 0.29) is 29.5 Å². The highest BCUT2D eigenvalue weighted by Gasteiger charge is 2.23. The largest absolute Gasteiger partial charge is 0.493 e. The van der Waals surface area contributed by atoms with Crippen LogP contribution in [0.15, 0.2) is 40.1 Å². The van der Waals surface area contributed by atoms with E-state index in [1.165, 1.54) is 7.11 Å². The maximum Gasteiger partial charge on any atom is 0.330 e. The van der Waals surface area contributed by atoms with Crippen molar-refractivity contribution in [3.8, 4) is 28.6 Å². The lowest BCUT2D eigenvalue weighted by molar-refractivity contribution is 0.0970. The van der Waals surface area contributed by atoms with Gasteiger partial charge in [0.2, 0.25) is 0 Å². The fraction of sp³-hybridized carbons (Fsp3) is 0.387. The van der Waals surface area contributed by atoms with Gasteiger partial charge < -0.3 is 14.2 Å². The summed E-state index contributed by atoms with van der Waals surface area (Å²) in [7, 11) is 3.05. The zero-order valence-electron chi connectivity index (χ0n) is 24.9.